The summed E-state index contributed by atoms with van der Waals surface area (Å²) in [4.78, 5) is 26.0. The highest BCUT2D eigenvalue weighted by Crippen LogP contribution is 2.32. The second kappa shape index (κ2) is 7.27. The zero-order valence-electron chi connectivity index (χ0n) is 13.8. The van der Waals surface area contributed by atoms with Crippen molar-refractivity contribution < 1.29 is 14.3 Å². The lowest BCUT2D eigenvalue weighted by Crippen LogP contribution is -2.37. The Labute approximate surface area is 136 Å². The van der Waals surface area contributed by atoms with E-state index in [0.29, 0.717) is 23.3 Å². The van der Waals surface area contributed by atoms with Gasteiger partial charge in [-0.2, -0.15) is 0 Å². The summed E-state index contributed by atoms with van der Waals surface area (Å²) in [6.07, 6.45) is 2.49. The van der Waals surface area contributed by atoms with Crippen molar-refractivity contribution >= 4 is 23.2 Å². The molecule has 2 rings (SSSR count). The van der Waals surface area contributed by atoms with Gasteiger partial charge in [-0.05, 0) is 49.7 Å². The van der Waals surface area contributed by atoms with Crippen molar-refractivity contribution in [3.63, 3.8) is 0 Å². The molecule has 0 unspecified atom stereocenters. The molecule has 0 saturated heterocycles. The second-order valence-electron chi connectivity index (χ2n) is 6.59. The van der Waals surface area contributed by atoms with E-state index in [1.54, 1.807) is 6.92 Å². The van der Waals surface area contributed by atoms with Crippen molar-refractivity contribution in [3.05, 3.63) is 21.4 Å². The van der Waals surface area contributed by atoms with Crippen molar-refractivity contribution in [3.8, 4) is 0 Å². The molecule has 1 amide bonds. The van der Waals surface area contributed by atoms with Gasteiger partial charge in [0.2, 0.25) is 0 Å². The molecule has 1 heterocycles. The Bertz CT molecular complexity index is 550. The molecule has 1 aromatic rings. The quantitative estimate of drug-likeness (QED) is 0.847. The van der Waals surface area contributed by atoms with Crippen LogP contribution in [0.2, 0.25) is 0 Å². The third-order valence-corrected chi connectivity index (χ3v) is 5.09. The third kappa shape index (κ3) is 4.32. The molecule has 1 aromatic heterocycles. The number of rotatable bonds is 5. The monoisotopic (exact) mass is 323 g/mol. The maximum atomic E-state index is 12.2. The van der Waals surface area contributed by atoms with Gasteiger partial charge in [0, 0.05) is 11.4 Å². The van der Waals surface area contributed by atoms with Gasteiger partial charge in [-0.15, -0.1) is 11.3 Å². The smallest absolute Gasteiger partial charge is 0.349 e. The van der Waals surface area contributed by atoms with Gasteiger partial charge in [0.15, 0.2) is 6.10 Å². The van der Waals surface area contributed by atoms with Gasteiger partial charge in [0.05, 0.1) is 0 Å². The van der Waals surface area contributed by atoms with Gasteiger partial charge in [-0.3, -0.25) is 4.79 Å². The number of nitrogens with one attached hydrogen (secondary N) is 1. The first kappa shape index (κ1) is 17.0. The molecule has 0 aromatic carbocycles. The number of fused-ring (bicyclic) bond motifs is 1. The average Bonchev–Trinajstić information content (AvgIpc) is 2.87. The number of aryl methyl sites for hydroxylation is 1. The number of hydrogen-bond donors (Lipinski definition) is 1. The minimum atomic E-state index is -0.760. The van der Waals surface area contributed by atoms with Crippen molar-refractivity contribution in [1.29, 1.82) is 0 Å². The molecule has 4 nitrogen and oxygen atoms in total. The fraction of sp³-hybridized carbons (Fsp3) is 0.647. The topological polar surface area (TPSA) is 55.4 Å². The number of ether oxygens (including phenoxy) is 1. The Morgan fingerprint density at radius 3 is 2.82 bits per heavy atom. The molecule has 1 aliphatic rings. The summed E-state index contributed by atoms with van der Waals surface area (Å²) in [5.74, 6) is 0.417. The molecule has 1 N–H and O–H groups in total. The molecular weight excluding hydrogens is 298 g/mol. The normalized spacial score (nSPS) is 18.7. The average molecular weight is 323 g/mol. The summed E-state index contributed by atoms with van der Waals surface area (Å²) >= 11 is 1.51. The maximum absolute atomic E-state index is 12.2. The van der Waals surface area contributed by atoms with Crippen LogP contribution >= 0.6 is 11.3 Å². The van der Waals surface area contributed by atoms with Crippen LogP contribution in [0.1, 0.15) is 54.2 Å². The van der Waals surface area contributed by atoms with Crippen molar-refractivity contribution in [1.82, 2.24) is 5.32 Å². The van der Waals surface area contributed by atoms with Crippen LogP contribution < -0.4 is 5.32 Å². The standard InChI is InChI=1S/C17H25NO3S/c1-10(2)9-18-16(19)12(4)21-17(20)15-8-13-7-11(3)5-6-14(13)22-15/h8,10-12H,5-7,9H2,1-4H3,(H,18,19)/t11-,12+/m1/s1. The zero-order valence-corrected chi connectivity index (χ0v) is 14.6. The molecular formula is C17H25NO3S. The Balaban J connectivity index is 1.93. The Morgan fingerprint density at radius 2 is 2.14 bits per heavy atom. The number of thiophene rings is 1. The van der Waals surface area contributed by atoms with Crippen molar-refractivity contribution in [2.75, 3.05) is 6.54 Å². The summed E-state index contributed by atoms with van der Waals surface area (Å²) in [6.45, 7) is 8.48. The Kier molecular flexibility index (Phi) is 5.62. The molecule has 122 valence electrons. The van der Waals surface area contributed by atoms with Crippen LogP contribution in [-0.4, -0.2) is 24.5 Å². The Hall–Kier alpha value is -1.36. The van der Waals surface area contributed by atoms with Crippen molar-refractivity contribution in [2.24, 2.45) is 11.8 Å². The van der Waals surface area contributed by atoms with E-state index in [-0.39, 0.29) is 11.9 Å². The number of esters is 1. The molecule has 0 radical (unpaired) electrons. The number of carbonyl (C=O) groups excluding carboxylic acids is 2. The van der Waals surface area contributed by atoms with Crippen LogP contribution in [0.3, 0.4) is 0 Å². The van der Waals surface area contributed by atoms with Gasteiger partial charge < -0.3 is 10.1 Å². The summed E-state index contributed by atoms with van der Waals surface area (Å²) < 4.78 is 5.29. The van der Waals surface area contributed by atoms with Crippen LogP contribution in [0.4, 0.5) is 0 Å². The van der Waals surface area contributed by atoms with E-state index in [4.69, 9.17) is 4.74 Å². The van der Waals surface area contributed by atoms with Gasteiger partial charge in [0.1, 0.15) is 4.88 Å². The highest BCUT2D eigenvalue weighted by Gasteiger charge is 2.24. The minimum Gasteiger partial charge on any atom is -0.448 e. The highest BCUT2D eigenvalue weighted by atomic mass is 32.1. The molecule has 5 heteroatoms. The predicted octanol–water partition coefficient (Wildman–Crippen LogP) is 3.19. The van der Waals surface area contributed by atoms with Gasteiger partial charge in [-0.25, -0.2) is 4.79 Å². The third-order valence-electron chi connectivity index (χ3n) is 3.87. The van der Waals surface area contributed by atoms with Crippen LogP contribution in [-0.2, 0) is 22.4 Å². The zero-order chi connectivity index (χ0) is 16.3. The van der Waals surface area contributed by atoms with Crippen LogP contribution in [0.25, 0.3) is 0 Å². The summed E-state index contributed by atoms with van der Waals surface area (Å²) in [5, 5.41) is 2.78. The summed E-state index contributed by atoms with van der Waals surface area (Å²) in [7, 11) is 0. The lowest BCUT2D eigenvalue weighted by atomic mass is 9.90. The first-order chi connectivity index (χ1) is 10.4. The first-order valence-corrected chi connectivity index (χ1v) is 8.78. The summed E-state index contributed by atoms with van der Waals surface area (Å²) in [6, 6.07) is 1.94. The predicted molar refractivity (Wildman–Crippen MR) is 88.2 cm³/mol. The molecule has 0 spiro atoms. The SMILES string of the molecule is CC(C)CNC(=O)[C@H](C)OC(=O)c1cc2c(s1)CC[C@@H](C)C2. The molecule has 0 aliphatic heterocycles. The van der Waals surface area contributed by atoms with Gasteiger partial charge in [0.25, 0.3) is 5.91 Å². The van der Waals surface area contributed by atoms with E-state index in [1.165, 1.54) is 28.2 Å². The molecule has 0 bridgehead atoms. The van der Waals surface area contributed by atoms with E-state index in [0.717, 1.165) is 12.8 Å². The van der Waals surface area contributed by atoms with Crippen LogP contribution in [0.15, 0.2) is 6.07 Å². The molecule has 0 saturated carbocycles. The van der Waals surface area contributed by atoms with Gasteiger partial charge >= 0.3 is 5.97 Å². The van der Waals surface area contributed by atoms with E-state index >= 15 is 0 Å². The number of hydrogen-bond acceptors (Lipinski definition) is 4. The molecule has 0 fully saturated rings. The van der Waals surface area contributed by atoms with Crippen molar-refractivity contribution in [2.45, 2.75) is 53.1 Å². The van der Waals surface area contributed by atoms with Crippen LogP contribution in [0, 0.1) is 11.8 Å². The Morgan fingerprint density at radius 1 is 1.41 bits per heavy atom. The minimum absolute atomic E-state index is 0.239. The van der Waals surface area contributed by atoms with Crippen LogP contribution in [0.5, 0.6) is 0 Å². The van der Waals surface area contributed by atoms with E-state index in [1.807, 2.05) is 19.9 Å². The van der Waals surface area contributed by atoms with E-state index in [2.05, 4.69) is 12.2 Å². The number of carbonyl (C=O) groups is 2. The lowest BCUT2D eigenvalue weighted by Gasteiger charge is -2.16. The van der Waals surface area contributed by atoms with Gasteiger partial charge in [-0.1, -0.05) is 20.8 Å². The largest absolute Gasteiger partial charge is 0.448 e. The van der Waals surface area contributed by atoms with E-state index < -0.39 is 6.10 Å². The summed E-state index contributed by atoms with van der Waals surface area (Å²) in [5.41, 5.74) is 1.27. The molecule has 1 aliphatic carbocycles. The fourth-order valence-corrected chi connectivity index (χ4v) is 3.62. The molecule has 2 atom stereocenters. The lowest BCUT2D eigenvalue weighted by molar-refractivity contribution is -0.129. The molecule has 22 heavy (non-hydrogen) atoms. The van der Waals surface area contributed by atoms with E-state index in [9.17, 15) is 9.59 Å². The maximum Gasteiger partial charge on any atom is 0.349 e. The number of amides is 1. The second-order valence-corrected chi connectivity index (χ2v) is 7.73. The fourth-order valence-electron chi connectivity index (χ4n) is 2.53. The highest BCUT2D eigenvalue weighted by molar-refractivity contribution is 7.14. The first-order valence-electron chi connectivity index (χ1n) is 7.97.